The minimum atomic E-state index is -3.35. The molecule has 0 aliphatic carbocycles. The molecule has 3 N–H and O–H groups in total. The Balaban J connectivity index is 1.49. The van der Waals surface area contributed by atoms with E-state index in [9.17, 15) is 23.1 Å². The van der Waals surface area contributed by atoms with Gasteiger partial charge in [-0.3, -0.25) is 19.2 Å². The number of ketones is 1. The zero-order valence-electron chi connectivity index (χ0n) is 25.1. The maximum atomic E-state index is 13.7. The summed E-state index contributed by atoms with van der Waals surface area (Å²) >= 11 is 0. The first-order chi connectivity index (χ1) is 19.3. The van der Waals surface area contributed by atoms with Crippen molar-refractivity contribution in [3.63, 3.8) is 0 Å². The number of likely N-dealkylation sites (tertiary alicyclic amines) is 1. The van der Waals surface area contributed by atoms with Crippen LogP contribution in [0.4, 0.5) is 5.69 Å². The molecule has 0 saturated carbocycles. The number of aryl methyl sites for hydroxylation is 1. The third kappa shape index (κ3) is 6.52. The zero-order chi connectivity index (χ0) is 30.1. The number of hydrogen-bond acceptors (Lipinski definition) is 7. The van der Waals surface area contributed by atoms with Gasteiger partial charge in [0, 0.05) is 29.4 Å². The molecule has 2 aliphatic rings. The minimum absolute atomic E-state index is 0.0154. The molecule has 1 amide bonds. The maximum Gasteiger partial charge on any atom is 0.229 e. The molecule has 1 aromatic carbocycles. The number of piperidine rings is 2. The molecule has 1 spiro atoms. The lowest BCUT2D eigenvalue weighted by Crippen LogP contribution is -2.66. The van der Waals surface area contributed by atoms with E-state index in [1.807, 2.05) is 44.5 Å². The molecule has 11 heteroatoms. The maximum absolute atomic E-state index is 13.7. The molecule has 2 fully saturated rings. The van der Waals surface area contributed by atoms with Gasteiger partial charge in [-0.05, 0) is 76.4 Å². The number of unbranched alkanes of at least 4 members (excludes halogenated alkanes) is 1. The molecule has 1 unspecified atom stereocenters. The van der Waals surface area contributed by atoms with Gasteiger partial charge in [-0.15, -0.1) is 0 Å². The number of rotatable bonds is 10. The number of nitrogens with one attached hydrogen (secondary N) is 2. The van der Waals surface area contributed by atoms with Crippen LogP contribution in [0.25, 0.3) is 5.69 Å². The Hall–Kier alpha value is -2.76. The molecule has 0 bridgehead atoms. The van der Waals surface area contributed by atoms with Crippen molar-refractivity contribution in [3.8, 4) is 5.69 Å². The number of carbonyl (C=O) groups excluding carboxylic acids is 2. The van der Waals surface area contributed by atoms with Crippen molar-refractivity contribution in [1.29, 1.82) is 0 Å². The van der Waals surface area contributed by atoms with E-state index in [1.165, 1.54) is 0 Å². The van der Waals surface area contributed by atoms with Gasteiger partial charge >= 0.3 is 0 Å². The van der Waals surface area contributed by atoms with E-state index in [2.05, 4.69) is 21.9 Å². The Morgan fingerprint density at radius 2 is 1.78 bits per heavy atom. The number of aromatic nitrogens is 2. The molecular weight excluding hydrogens is 542 g/mol. The summed E-state index contributed by atoms with van der Waals surface area (Å²) in [6.45, 7) is 11.9. The molecular formula is C30H45N5O5S. The second-order valence-corrected chi connectivity index (χ2v) is 13.9. The summed E-state index contributed by atoms with van der Waals surface area (Å²) in [5, 5.41) is 18.4. The number of Topliss-reactive ketones (excluding diaryl/α,β-unsaturated/α-hetero) is 1. The monoisotopic (exact) mass is 587 g/mol. The lowest BCUT2D eigenvalue weighted by molar-refractivity contribution is -0.158. The van der Waals surface area contributed by atoms with Crippen molar-refractivity contribution in [2.75, 3.05) is 24.1 Å². The van der Waals surface area contributed by atoms with Crippen LogP contribution >= 0.6 is 0 Å². The number of sulfonamides is 1. The van der Waals surface area contributed by atoms with E-state index in [4.69, 9.17) is 5.10 Å². The topological polar surface area (TPSA) is 134 Å². The Morgan fingerprint density at radius 1 is 1.15 bits per heavy atom. The predicted octanol–water partition coefficient (Wildman–Crippen LogP) is 3.33. The van der Waals surface area contributed by atoms with E-state index in [-0.39, 0.29) is 23.5 Å². The van der Waals surface area contributed by atoms with Crippen molar-refractivity contribution in [1.82, 2.24) is 20.0 Å². The second kappa shape index (κ2) is 12.2. The average molecular weight is 588 g/mol. The highest BCUT2D eigenvalue weighted by Gasteiger charge is 2.56. The zero-order valence-corrected chi connectivity index (χ0v) is 25.9. The number of aliphatic hydroxyl groups is 1. The Bertz CT molecular complexity index is 1360. The summed E-state index contributed by atoms with van der Waals surface area (Å²) in [5.41, 5.74) is 3.63. The van der Waals surface area contributed by atoms with Crippen molar-refractivity contribution >= 4 is 27.4 Å². The lowest BCUT2D eigenvalue weighted by Gasteiger charge is -2.50. The van der Waals surface area contributed by atoms with Gasteiger partial charge in [0.05, 0.1) is 29.2 Å². The van der Waals surface area contributed by atoms with Crippen LogP contribution in [-0.4, -0.2) is 71.4 Å². The highest BCUT2D eigenvalue weighted by atomic mass is 32.2. The van der Waals surface area contributed by atoms with Gasteiger partial charge in [-0.2, -0.15) is 5.10 Å². The summed E-state index contributed by atoms with van der Waals surface area (Å²) in [4.78, 5) is 29.6. The first kappa shape index (κ1) is 31.2. The molecule has 4 rings (SSSR count). The summed E-state index contributed by atoms with van der Waals surface area (Å²) in [6, 6.07) is 6.26. The third-order valence-corrected chi connectivity index (χ3v) is 9.52. The van der Waals surface area contributed by atoms with Gasteiger partial charge in [-0.1, -0.05) is 33.6 Å². The van der Waals surface area contributed by atoms with Crippen molar-refractivity contribution in [2.45, 2.75) is 85.4 Å². The van der Waals surface area contributed by atoms with E-state index >= 15 is 0 Å². The van der Waals surface area contributed by atoms with Gasteiger partial charge in [-0.25, -0.2) is 13.1 Å². The van der Waals surface area contributed by atoms with Gasteiger partial charge in [0.25, 0.3) is 0 Å². The highest BCUT2D eigenvalue weighted by Crippen LogP contribution is 2.46. The van der Waals surface area contributed by atoms with Crippen LogP contribution in [0.1, 0.15) is 69.8 Å². The fourth-order valence-electron chi connectivity index (χ4n) is 6.42. The van der Waals surface area contributed by atoms with Crippen molar-refractivity contribution in [3.05, 3.63) is 41.2 Å². The molecule has 0 radical (unpaired) electrons. The molecule has 41 heavy (non-hydrogen) atoms. The van der Waals surface area contributed by atoms with Crippen LogP contribution in [0.2, 0.25) is 0 Å². The SMILES string of the molecule is CCCCC1C(=O)[C@@H]([C@H](O)C(C)C)NC(=O)C12CCN(Cc1c(C)nn(-c3ccc(NS(C)(=O)=O)cc3)c1C)CC2. The minimum Gasteiger partial charge on any atom is -0.390 e. The largest absolute Gasteiger partial charge is 0.390 e. The normalized spacial score (nSPS) is 22.2. The Kier molecular flexibility index (Phi) is 9.30. The van der Waals surface area contributed by atoms with Crippen LogP contribution in [0.5, 0.6) is 0 Å². The molecule has 2 aliphatic heterocycles. The number of hydrogen-bond donors (Lipinski definition) is 3. The molecule has 3 heterocycles. The standard InChI is InChI=1S/C30H45N5O5S/c1-7-8-9-25-28(37)26(27(36)19(2)3)31-29(38)30(25)14-16-34(17-15-30)18-24-20(4)32-35(21(24)5)23-12-10-22(11-13-23)33-41(6,39)40/h10-13,19,25-27,33,36H,7-9,14-18H2,1-6H3,(H,31,38)/t25?,26-,27-/m1/s1. The smallest absolute Gasteiger partial charge is 0.229 e. The van der Waals surface area contributed by atoms with Crippen LogP contribution in [-0.2, 0) is 26.2 Å². The number of amides is 1. The van der Waals surface area contributed by atoms with Gasteiger partial charge in [0.2, 0.25) is 15.9 Å². The van der Waals surface area contributed by atoms with E-state index < -0.39 is 27.6 Å². The summed E-state index contributed by atoms with van der Waals surface area (Å²) in [5.74, 6) is -0.598. The fraction of sp³-hybridized carbons (Fsp3) is 0.633. The molecule has 1 aromatic heterocycles. The number of anilines is 1. The summed E-state index contributed by atoms with van der Waals surface area (Å²) < 4.78 is 27.4. The molecule has 3 atom stereocenters. The number of benzene rings is 1. The summed E-state index contributed by atoms with van der Waals surface area (Å²) in [7, 11) is -3.35. The first-order valence-electron chi connectivity index (χ1n) is 14.7. The van der Waals surface area contributed by atoms with Crippen LogP contribution < -0.4 is 10.0 Å². The quantitative estimate of drug-likeness (QED) is 0.388. The Morgan fingerprint density at radius 3 is 2.34 bits per heavy atom. The van der Waals surface area contributed by atoms with Crippen LogP contribution in [0, 0.1) is 31.1 Å². The fourth-order valence-corrected chi connectivity index (χ4v) is 6.98. The van der Waals surface area contributed by atoms with Gasteiger partial charge < -0.3 is 10.4 Å². The number of aliphatic hydroxyl groups excluding tert-OH is 1. The van der Waals surface area contributed by atoms with Crippen molar-refractivity contribution in [2.24, 2.45) is 17.3 Å². The third-order valence-electron chi connectivity index (χ3n) is 8.91. The Labute approximate surface area is 243 Å². The first-order valence-corrected chi connectivity index (χ1v) is 16.5. The number of carbonyl (C=O) groups is 2. The van der Waals surface area contributed by atoms with Crippen LogP contribution in [0.15, 0.2) is 24.3 Å². The molecule has 2 saturated heterocycles. The van der Waals surface area contributed by atoms with Gasteiger partial charge in [0.1, 0.15) is 6.04 Å². The van der Waals surface area contributed by atoms with E-state index in [1.54, 1.807) is 12.1 Å². The molecule has 226 valence electrons. The van der Waals surface area contributed by atoms with Gasteiger partial charge in [0.15, 0.2) is 5.78 Å². The average Bonchev–Trinajstić information content (AvgIpc) is 3.19. The summed E-state index contributed by atoms with van der Waals surface area (Å²) in [6.07, 6.45) is 3.94. The predicted molar refractivity (Wildman–Crippen MR) is 159 cm³/mol. The van der Waals surface area contributed by atoms with Crippen LogP contribution in [0.3, 0.4) is 0 Å². The lowest BCUT2D eigenvalue weighted by atomic mass is 9.61. The van der Waals surface area contributed by atoms with Crippen molar-refractivity contribution < 1.29 is 23.1 Å². The number of nitrogens with zero attached hydrogens (tertiary/aromatic N) is 3. The molecule has 10 nitrogen and oxygen atoms in total. The van der Waals surface area contributed by atoms with E-state index in [0.717, 1.165) is 41.7 Å². The second-order valence-electron chi connectivity index (χ2n) is 12.2. The van der Waals surface area contributed by atoms with E-state index in [0.29, 0.717) is 44.6 Å². The highest BCUT2D eigenvalue weighted by molar-refractivity contribution is 7.92. The molecule has 2 aromatic rings.